The maximum atomic E-state index is 12.5. The Kier molecular flexibility index (Phi) is 4.81. The number of aryl methyl sites for hydroxylation is 1. The molecule has 4 rings (SSSR count). The van der Waals surface area contributed by atoms with E-state index in [1.54, 1.807) is 48.3 Å². The zero-order chi connectivity index (χ0) is 19.7. The SMILES string of the molecule is Cn1ccnc1C(=O)c1cccc(NC(=O)C(=O)NC[C@H]2C[C@@H]3C=C[C@H]2C3)c1. The van der Waals surface area contributed by atoms with Crippen molar-refractivity contribution in [2.45, 2.75) is 12.8 Å². The van der Waals surface area contributed by atoms with E-state index in [2.05, 4.69) is 27.8 Å². The van der Waals surface area contributed by atoms with E-state index in [4.69, 9.17) is 0 Å². The lowest BCUT2D eigenvalue weighted by Crippen LogP contribution is -2.38. The van der Waals surface area contributed by atoms with Crippen molar-refractivity contribution in [3.05, 3.63) is 60.2 Å². The van der Waals surface area contributed by atoms with Gasteiger partial charge in [-0.3, -0.25) is 14.4 Å². The summed E-state index contributed by atoms with van der Waals surface area (Å²) >= 11 is 0. The Morgan fingerprint density at radius 3 is 2.71 bits per heavy atom. The number of nitrogens with one attached hydrogen (secondary N) is 2. The predicted octanol–water partition coefficient (Wildman–Crippen LogP) is 1.92. The number of hydrogen-bond acceptors (Lipinski definition) is 4. The minimum atomic E-state index is -0.736. The molecule has 0 aliphatic heterocycles. The Bertz CT molecular complexity index is 962. The summed E-state index contributed by atoms with van der Waals surface area (Å²) in [7, 11) is 1.74. The smallest absolute Gasteiger partial charge is 0.313 e. The highest BCUT2D eigenvalue weighted by molar-refractivity contribution is 6.39. The Morgan fingerprint density at radius 1 is 1.18 bits per heavy atom. The Hall–Kier alpha value is -3.22. The van der Waals surface area contributed by atoms with Gasteiger partial charge in [-0.25, -0.2) is 4.98 Å². The maximum absolute atomic E-state index is 12.5. The maximum Gasteiger partial charge on any atom is 0.313 e. The molecule has 0 radical (unpaired) electrons. The van der Waals surface area contributed by atoms with Crippen molar-refractivity contribution in [1.29, 1.82) is 0 Å². The topological polar surface area (TPSA) is 93.1 Å². The van der Waals surface area contributed by atoms with Crippen LogP contribution in [0.15, 0.2) is 48.8 Å². The van der Waals surface area contributed by atoms with Gasteiger partial charge in [-0.15, -0.1) is 0 Å². The van der Waals surface area contributed by atoms with Crippen LogP contribution in [0.25, 0.3) is 0 Å². The van der Waals surface area contributed by atoms with Crippen molar-refractivity contribution < 1.29 is 14.4 Å². The summed E-state index contributed by atoms with van der Waals surface area (Å²) in [6.45, 7) is 0.509. The lowest BCUT2D eigenvalue weighted by atomic mass is 9.94. The normalized spacial score (nSPS) is 22.2. The fraction of sp³-hybridized carbons (Fsp3) is 0.333. The molecule has 2 N–H and O–H groups in total. The zero-order valence-corrected chi connectivity index (χ0v) is 15.6. The third-order valence-corrected chi connectivity index (χ3v) is 5.55. The standard InChI is InChI=1S/C21H22N4O3/c1-25-8-7-22-19(25)18(26)15-3-2-4-17(11-15)24-21(28)20(27)23-12-16-10-13-5-6-14(16)9-13/h2-8,11,13-14,16H,9-10,12H2,1H3,(H,23,27)(H,24,28)/t13-,14+,16-/m1/s1. The average molecular weight is 378 g/mol. The largest absolute Gasteiger partial charge is 0.348 e. The van der Waals surface area contributed by atoms with Crippen LogP contribution in [-0.4, -0.2) is 33.7 Å². The predicted molar refractivity (Wildman–Crippen MR) is 104 cm³/mol. The first-order valence-electron chi connectivity index (χ1n) is 9.41. The van der Waals surface area contributed by atoms with Gasteiger partial charge in [0.15, 0.2) is 5.82 Å². The molecule has 1 fully saturated rings. The first-order valence-corrected chi connectivity index (χ1v) is 9.41. The Labute approximate surface area is 162 Å². The molecule has 7 nitrogen and oxygen atoms in total. The zero-order valence-electron chi connectivity index (χ0n) is 15.6. The van der Waals surface area contributed by atoms with Gasteiger partial charge in [-0.2, -0.15) is 0 Å². The molecule has 0 saturated heterocycles. The average Bonchev–Trinajstić information content (AvgIpc) is 3.42. The number of allylic oxidation sites excluding steroid dienone is 2. The molecule has 2 aromatic rings. The molecule has 3 atom stereocenters. The number of amides is 2. The molecule has 28 heavy (non-hydrogen) atoms. The molecule has 2 aliphatic carbocycles. The van der Waals surface area contributed by atoms with E-state index >= 15 is 0 Å². The molecule has 1 heterocycles. The summed E-state index contributed by atoms with van der Waals surface area (Å²) in [5, 5.41) is 5.29. The molecular formula is C21H22N4O3. The second-order valence-electron chi connectivity index (χ2n) is 7.48. The third kappa shape index (κ3) is 3.60. The summed E-state index contributed by atoms with van der Waals surface area (Å²) < 4.78 is 1.63. The van der Waals surface area contributed by atoms with Gasteiger partial charge in [0, 0.05) is 37.2 Å². The van der Waals surface area contributed by atoms with E-state index in [1.165, 1.54) is 0 Å². The molecule has 1 saturated carbocycles. The molecule has 1 aromatic heterocycles. The van der Waals surface area contributed by atoms with Gasteiger partial charge in [0.2, 0.25) is 5.78 Å². The number of carbonyl (C=O) groups is 3. The quantitative estimate of drug-likeness (QED) is 0.472. The molecule has 2 bridgehead atoms. The molecule has 0 unspecified atom stereocenters. The van der Waals surface area contributed by atoms with E-state index in [0.717, 1.165) is 12.8 Å². The van der Waals surface area contributed by atoms with Gasteiger partial charge in [0.05, 0.1) is 0 Å². The van der Waals surface area contributed by atoms with Crippen LogP contribution >= 0.6 is 0 Å². The van der Waals surface area contributed by atoms with Crippen LogP contribution in [0, 0.1) is 17.8 Å². The minimum Gasteiger partial charge on any atom is -0.348 e. The summed E-state index contributed by atoms with van der Waals surface area (Å²) in [6.07, 6.45) is 9.93. The molecule has 2 amide bonds. The number of ketones is 1. The highest BCUT2D eigenvalue weighted by atomic mass is 16.2. The van der Waals surface area contributed by atoms with E-state index in [0.29, 0.717) is 41.4 Å². The van der Waals surface area contributed by atoms with E-state index < -0.39 is 11.8 Å². The number of nitrogens with zero attached hydrogens (tertiary/aromatic N) is 2. The number of benzene rings is 1. The van der Waals surface area contributed by atoms with Crippen LogP contribution in [0.2, 0.25) is 0 Å². The summed E-state index contributed by atoms with van der Waals surface area (Å²) in [5.41, 5.74) is 0.782. The van der Waals surface area contributed by atoms with Gasteiger partial charge >= 0.3 is 11.8 Å². The molecule has 1 aromatic carbocycles. The van der Waals surface area contributed by atoms with Crippen LogP contribution in [-0.2, 0) is 16.6 Å². The number of carbonyl (C=O) groups excluding carboxylic acids is 3. The van der Waals surface area contributed by atoms with Crippen LogP contribution in [0.1, 0.15) is 29.0 Å². The van der Waals surface area contributed by atoms with E-state index in [-0.39, 0.29) is 5.78 Å². The van der Waals surface area contributed by atoms with Crippen molar-refractivity contribution in [2.24, 2.45) is 24.8 Å². The van der Waals surface area contributed by atoms with Crippen LogP contribution in [0.3, 0.4) is 0 Å². The fourth-order valence-electron chi connectivity index (χ4n) is 4.07. The van der Waals surface area contributed by atoms with Crippen molar-refractivity contribution in [1.82, 2.24) is 14.9 Å². The summed E-state index contributed by atoms with van der Waals surface area (Å²) in [4.78, 5) is 40.9. The molecular weight excluding hydrogens is 356 g/mol. The van der Waals surface area contributed by atoms with E-state index in [9.17, 15) is 14.4 Å². The number of imidazole rings is 1. The van der Waals surface area contributed by atoms with Crippen molar-refractivity contribution >= 4 is 23.3 Å². The monoisotopic (exact) mass is 378 g/mol. The second-order valence-corrected chi connectivity index (χ2v) is 7.48. The van der Waals surface area contributed by atoms with Gasteiger partial charge < -0.3 is 15.2 Å². The van der Waals surface area contributed by atoms with Gasteiger partial charge in [-0.05, 0) is 42.7 Å². The van der Waals surface area contributed by atoms with Crippen molar-refractivity contribution in [2.75, 3.05) is 11.9 Å². The van der Waals surface area contributed by atoms with Crippen molar-refractivity contribution in [3.8, 4) is 0 Å². The van der Waals surface area contributed by atoms with E-state index in [1.807, 2.05) is 0 Å². The number of hydrogen-bond donors (Lipinski definition) is 2. The lowest BCUT2D eigenvalue weighted by Gasteiger charge is -2.18. The highest BCUT2D eigenvalue weighted by Crippen LogP contribution is 2.42. The first-order chi connectivity index (χ1) is 13.5. The van der Waals surface area contributed by atoms with Crippen LogP contribution in [0.5, 0.6) is 0 Å². The molecule has 2 aliphatic rings. The number of rotatable bonds is 5. The minimum absolute atomic E-state index is 0.252. The summed E-state index contributed by atoms with van der Waals surface area (Å²) in [6, 6.07) is 6.49. The van der Waals surface area contributed by atoms with Crippen LogP contribution < -0.4 is 10.6 Å². The summed E-state index contributed by atoms with van der Waals surface area (Å²) in [5.74, 6) is 0.207. The van der Waals surface area contributed by atoms with Gasteiger partial charge in [0.1, 0.15) is 0 Å². The number of aromatic nitrogens is 2. The first kappa shape index (κ1) is 18.2. The number of fused-ring (bicyclic) bond motifs is 2. The van der Waals surface area contributed by atoms with Crippen molar-refractivity contribution in [3.63, 3.8) is 0 Å². The Balaban J connectivity index is 1.35. The Morgan fingerprint density at radius 2 is 2.04 bits per heavy atom. The number of anilines is 1. The van der Waals surface area contributed by atoms with Crippen LogP contribution in [0.4, 0.5) is 5.69 Å². The highest BCUT2D eigenvalue weighted by Gasteiger charge is 2.35. The second kappa shape index (κ2) is 7.42. The third-order valence-electron chi connectivity index (χ3n) is 5.55. The van der Waals surface area contributed by atoms with Gasteiger partial charge in [0.25, 0.3) is 0 Å². The molecule has 0 spiro atoms. The fourth-order valence-corrected chi connectivity index (χ4v) is 4.07. The van der Waals surface area contributed by atoms with Gasteiger partial charge in [-0.1, -0.05) is 24.3 Å². The lowest BCUT2D eigenvalue weighted by molar-refractivity contribution is -0.136. The molecule has 144 valence electrons. The molecule has 7 heteroatoms.